The van der Waals surface area contributed by atoms with E-state index in [1.165, 1.54) is 0 Å². The van der Waals surface area contributed by atoms with Gasteiger partial charge >= 0.3 is 0 Å². The van der Waals surface area contributed by atoms with Crippen LogP contribution in [0.5, 0.6) is 0 Å². The summed E-state index contributed by atoms with van der Waals surface area (Å²) in [6, 6.07) is 17.8. The third-order valence-corrected chi connectivity index (χ3v) is 5.67. The Hall–Kier alpha value is -2.33. The highest BCUT2D eigenvalue weighted by Gasteiger charge is 2.33. The fraction of sp³-hybridized carbons (Fsp3) is 0.364. The lowest BCUT2D eigenvalue weighted by molar-refractivity contribution is -0.140. The number of alkyl halides is 1. The second-order valence-corrected chi connectivity index (χ2v) is 7.81. The van der Waals surface area contributed by atoms with Crippen LogP contribution in [-0.4, -0.2) is 53.7 Å². The van der Waals surface area contributed by atoms with Crippen LogP contribution in [0.4, 0.5) is 0 Å². The predicted molar refractivity (Wildman–Crippen MR) is 109 cm³/mol. The van der Waals surface area contributed by atoms with Crippen LogP contribution in [0.2, 0.25) is 0 Å². The zero-order valence-corrected chi connectivity index (χ0v) is 16.6. The Kier molecular flexibility index (Phi) is 5.85. The number of benzene rings is 2. The summed E-state index contributed by atoms with van der Waals surface area (Å²) in [6.45, 7) is 5.90. The van der Waals surface area contributed by atoms with Crippen LogP contribution < -0.4 is 0 Å². The molecule has 1 saturated heterocycles. The van der Waals surface area contributed by atoms with Crippen molar-refractivity contribution in [1.82, 2.24) is 9.80 Å². The van der Waals surface area contributed by atoms with Gasteiger partial charge in [-0.05, 0) is 37.1 Å². The minimum absolute atomic E-state index is 0.0123. The molecular weight excluding hydrogens is 360 g/mol. The average molecular weight is 385 g/mol. The number of halogens is 1. The van der Waals surface area contributed by atoms with Gasteiger partial charge in [-0.1, -0.05) is 42.5 Å². The molecule has 5 heteroatoms. The highest BCUT2D eigenvalue weighted by molar-refractivity contribution is 6.19. The Bertz CT molecular complexity index is 795. The first-order valence-electron chi connectivity index (χ1n) is 9.22. The van der Waals surface area contributed by atoms with Gasteiger partial charge in [0.2, 0.25) is 5.91 Å². The molecular formula is C22H25ClN2O2. The number of carbonyl (C=O) groups excluding carboxylic acids is 2. The van der Waals surface area contributed by atoms with E-state index in [0.717, 1.165) is 11.1 Å². The van der Waals surface area contributed by atoms with E-state index < -0.39 is 5.41 Å². The lowest BCUT2D eigenvalue weighted by Crippen LogP contribution is -2.53. The number of carbonyl (C=O) groups is 2. The minimum Gasteiger partial charge on any atom is -0.339 e. The Morgan fingerprint density at radius 1 is 0.852 bits per heavy atom. The molecule has 0 radical (unpaired) electrons. The number of hydrogen-bond donors (Lipinski definition) is 0. The highest BCUT2D eigenvalue weighted by atomic mass is 35.5. The Labute approximate surface area is 165 Å². The zero-order chi connectivity index (χ0) is 19.4. The van der Waals surface area contributed by atoms with Crippen molar-refractivity contribution in [3.63, 3.8) is 0 Å². The Morgan fingerprint density at radius 3 is 1.93 bits per heavy atom. The van der Waals surface area contributed by atoms with Crippen LogP contribution in [0.1, 0.15) is 24.2 Å². The molecule has 1 heterocycles. The molecule has 0 unspecified atom stereocenters. The van der Waals surface area contributed by atoms with Crippen molar-refractivity contribution in [2.24, 2.45) is 5.41 Å². The number of rotatable bonds is 4. The van der Waals surface area contributed by atoms with Gasteiger partial charge in [0.05, 0.1) is 5.41 Å². The van der Waals surface area contributed by atoms with Gasteiger partial charge in [0, 0.05) is 37.6 Å². The molecule has 2 aromatic rings. The molecule has 0 spiro atoms. The third-order valence-electron chi connectivity index (χ3n) is 5.01. The summed E-state index contributed by atoms with van der Waals surface area (Å²) in [5, 5.41) is 0. The van der Waals surface area contributed by atoms with Crippen LogP contribution in [0.25, 0.3) is 11.1 Å². The van der Waals surface area contributed by atoms with E-state index in [9.17, 15) is 9.59 Å². The summed E-state index contributed by atoms with van der Waals surface area (Å²) >= 11 is 5.91. The summed E-state index contributed by atoms with van der Waals surface area (Å²) in [4.78, 5) is 28.9. The summed E-state index contributed by atoms with van der Waals surface area (Å²) in [5.74, 6) is 0.355. The fourth-order valence-corrected chi connectivity index (χ4v) is 3.33. The van der Waals surface area contributed by atoms with E-state index in [-0.39, 0.29) is 11.8 Å². The summed E-state index contributed by atoms with van der Waals surface area (Å²) in [7, 11) is 0. The topological polar surface area (TPSA) is 40.6 Å². The highest BCUT2D eigenvalue weighted by Crippen LogP contribution is 2.23. The van der Waals surface area contributed by atoms with Crippen LogP contribution in [0.3, 0.4) is 0 Å². The van der Waals surface area contributed by atoms with E-state index in [4.69, 9.17) is 11.6 Å². The van der Waals surface area contributed by atoms with E-state index in [1.54, 1.807) is 0 Å². The average Bonchev–Trinajstić information content (AvgIpc) is 2.73. The fourth-order valence-electron chi connectivity index (χ4n) is 3.22. The lowest BCUT2D eigenvalue weighted by Gasteiger charge is -2.38. The smallest absolute Gasteiger partial charge is 0.253 e. The summed E-state index contributed by atoms with van der Waals surface area (Å²) in [5.41, 5.74) is 2.33. The van der Waals surface area contributed by atoms with E-state index in [1.807, 2.05) is 66.1 Å². The van der Waals surface area contributed by atoms with Gasteiger partial charge < -0.3 is 9.80 Å². The molecule has 4 nitrogen and oxygen atoms in total. The van der Waals surface area contributed by atoms with Gasteiger partial charge in [0.1, 0.15) is 0 Å². The molecule has 27 heavy (non-hydrogen) atoms. The Balaban J connectivity index is 1.62. The van der Waals surface area contributed by atoms with E-state index in [2.05, 4.69) is 12.1 Å². The van der Waals surface area contributed by atoms with Crippen LogP contribution in [0.15, 0.2) is 54.6 Å². The normalized spacial score (nSPS) is 14.9. The first-order chi connectivity index (χ1) is 12.9. The van der Waals surface area contributed by atoms with Gasteiger partial charge in [-0.25, -0.2) is 0 Å². The first-order valence-corrected chi connectivity index (χ1v) is 9.76. The lowest BCUT2D eigenvalue weighted by atomic mass is 9.94. The molecule has 0 aliphatic carbocycles. The maximum absolute atomic E-state index is 12.8. The van der Waals surface area contributed by atoms with Gasteiger partial charge in [0.15, 0.2) is 0 Å². The largest absolute Gasteiger partial charge is 0.339 e. The SMILES string of the molecule is CC(C)(CCl)C(=O)N1CCN(C(=O)c2ccc(-c3ccccc3)cc2)CC1. The van der Waals surface area contributed by atoms with Gasteiger partial charge in [-0.2, -0.15) is 0 Å². The van der Waals surface area contributed by atoms with Gasteiger partial charge in [0.25, 0.3) is 5.91 Å². The maximum atomic E-state index is 12.8. The van der Waals surface area contributed by atoms with E-state index >= 15 is 0 Å². The van der Waals surface area contributed by atoms with Crippen molar-refractivity contribution >= 4 is 23.4 Å². The molecule has 1 fully saturated rings. The van der Waals surface area contributed by atoms with Crippen molar-refractivity contribution in [2.75, 3.05) is 32.1 Å². The molecule has 142 valence electrons. The van der Waals surface area contributed by atoms with Crippen molar-refractivity contribution < 1.29 is 9.59 Å². The van der Waals surface area contributed by atoms with Crippen molar-refractivity contribution in [3.8, 4) is 11.1 Å². The predicted octanol–water partition coefficient (Wildman–Crippen LogP) is 3.90. The van der Waals surface area contributed by atoms with Gasteiger partial charge in [-0.3, -0.25) is 9.59 Å². The van der Waals surface area contributed by atoms with E-state index in [0.29, 0.717) is 37.6 Å². The van der Waals surface area contributed by atoms with Crippen molar-refractivity contribution in [1.29, 1.82) is 0 Å². The van der Waals surface area contributed by atoms with Crippen LogP contribution >= 0.6 is 11.6 Å². The van der Waals surface area contributed by atoms with Crippen molar-refractivity contribution in [3.05, 3.63) is 60.2 Å². The second-order valence-electron chi connectivity index (χ2n) is 7.55. The maximum Gasteiger partial charge on any atom is 0.253 e. The molecule has 3 rings (SSSR count). The number of piperazine rings is 1. The van der Waals surface area contributed by atoms with Crippen molar-refractivity contribution in [2.45, 2.75) is 13.8 Å². The molecule has 0 bridgehead atoms. The molecule has 0 aromatic heterocycles. The summed E-state index contributed by atoms with van der Waals surface area (Å²) < 4.78 is 0. The summed E-state index contributed by atoms with van der Waals surface area (Å²) in [6.07, 6.45) is 0. The number of hydrogen-bond acceptors (Lipinski definition) is 2. The standard InChI is InChI=1S/C22H25ClN2O2/c1-22(2,16-23)21(27)25-14-12-24(13-15-25)20(26)19-10-8-18(9-11-19)17-6-4-3-5-7-17/h3-11H,12-16H2,1-2H3. The monoisotopic (exact) mass is 384 g/mol. The number of nitrogens with zero attached hydrogens (tertiary/aromatic N) is 2. The second kappa shape index (κ2) is 8.13. The minimum atomic E-state index is -0.568. The molecule has 0 saturated carbocycles. The molecule has 2 amide bonds. The molecule has 0 N–H and O–H groups in total. The quantitative estimate of drug-likeness (QED) is 0.750. The Morgan fingerprint density at radius 2 is 1.37 bits per heavy atom. The first kappa shape index (κ1) is 19.4. The third kappa shape index (κ3) is 4.33. The van der Waals surface area contributed by atoms with Crippen LogP contribution in [0, 0.1) is 5.41 Å². The van der Waals surface area contributed by atoms with Gasteiger partial charge in [-0.15, -0.1) is 11.6 Å². The molecule has 0 atom stereocenters. The molecule has 1 aliphatic heterocycles. The van der Waals surface area contributed by atoms with Crippen LogP contribution in [-0.2, 0) is 4.79 Å². The molecule has 2 aromatic carbocycles. The zero-order valence-electron chi connectivity index (χ0n) is 15.8. The molecule has 1 aliphatic rings. The number of amides is 2.